The summed E-state index contributed by atoms with van der Waals surface area (Å²) in [5.74, 6) is -0.447. The topological polar surface area (TPSA) is 168 Å². The number of hydrogen-bond acceptors (Lipinski definition) is 14. The van der Waals surface area contributed by atoms with Gasteiger partial charge in [-0.15, -0.1) is 4.91 Å². The molecule has 0 unspecified atom stereocenters. The number of amides is 1. The minimum absolute atomic E-state index is 0.0300. The lowest BCUT2D eigenvalue weighted by molar-refractivity contribution is 0.0153. The van der Waals surface area contributed by atoms with Crippen LogP contribution in [0.3, 0.4) is 0 Å². The van der Waals surface area contributed by atoms with Crippen molar-refractivity contribution in [3.05, 3.63) is 22.6 Å². The Bertz CT molecular complexity index is 813. The maximum atomic E-state index is 12.1. The summed E-state index contributed by atoms with van der Waals surface area (Å²) in [6.45, 7) is 5.29. The Kier molecular flexibility index (Phi) is 24.5. The molecule has 0 heterocycles. The Balaban J connectivity index is 2.77. The van der Waals surface area contributed by atoms with Crippen molar-refractivity contribution in [1.29, 1.82) is 0 Å². The van der Waals surface area contributed by atoms with Crippen LogP contribution in [-0.4, -0.2) is 144 Å². The molecule has 0 saturated heterocycles. The molecule has 15 nitrogen and oxygen atoms in total. The molecule has 42 heavy (non-hydrogen) atoms. The van der Waals surface area contributed by atoms with Crippen LogP contribution in [0, 0.1) is 4.91 Å². The predicted molar refractivity (Wildman–Crippen MR) is 149 cm³/mol. The van der Waals surface area contributed by atoms with Crippen molar-refractivity contribution in [2.45, 2.75) is 0 Å². The van der Waals surface area contributed by atoms with Gasteiger partial charge in [0.2, 0.25) is 5.75 Å². The van der Waals surface area contributed by atoms with Crippen LogP contribution in [0.15, 0.2) is 17.3 Å². The molecule has 0 aliphatic carbocycles. The van der Waals surface area contributed by atoms with Crippen LogP contribution >= 0.6 is 0 Å². The highest BCUT2D eigenvalue weighted by Crippen LogP contribution is 2.39. The molecule has 0 spiro atoms. The fourth-order valence-corrected chi connectivity index (χ4v) is 3.05. The molecule has 0 radical (unpaired) electrons. The smallest absolute Gasteiger partial charge is 0.317 e. The van der Waals surface area contributed by atoms with E-state index in [1.54, 1.807) is 14.2 Å². The molecule has 15 heteroatoms. The van der Waals surface area contributed by atoms with Crippen molar-refractivity contribution in [3.63, 3.8) is 0 Å². The van der Waals surface area contributed by atoms with Gasteiger partial charge in [-0.1, -0.05) is 0 Å². The number of aliphatic hydroxyl groups excluding tert-OH is 1. The molecule has 242 valence electrons. The summed E-state index contributed by atoms with van der Waals surface area (Å²) in [5.41, 5.74) is -0.0300. The first-order valence-electron chi connectivity index (χ1n) is 13.7. The number of benzene rings is 1. The molecule has 0 saturated carbocycles. The average molecular weight is 608 g/mol. The second-order valence-electron chi connectivity index (χ2n) is 8.13. The molecule has 1 rings (SSSR count). The zero-order chi connectivity index (χ0) is 30.5. The molecule has 0 bridgehead atoms. The molecular formula is C27H45NO14. The first-order chi connectivity index (χ1) is 20.7. The number of rotatable bonds is 30. The van der Waals surface area contributed by atoms with E-state index in [0.717, 1.165) is 0 Å². The van der Waals surface area contributed by atoms with Crippen molar-refractivity contribution >= 4 is 5.91 Å². The number of carbonyl (C=O) groups excluding carboxylic acids is 1. The standard InChI is InChI=1S/C27H45NO14/c1-32-5-7-35-11-13-38-16-19-41-25-22-23(27(30)28-31)21-24(40-18-15-37-10-9-34-4-3-29)26(25)42-20-17-39-14-12-36-8-6-33-2/h21-22,29H,3-20H2,1-2H3. The monoisotopic (exact) mass is 607 g/mol. The van der Waals surface area contributed by atoms with Crippen LogP contribution in [0.2, 0.25) is 0 Å². The highest BCUT2D eigenvalue weighted by molar-refractivity contribution is 5.96. The lowest BCUT2D eigenvalue weighted by Gasteiger charge is -2.18. The molecule has 0 atom stereocenters. The minimum atomic E-state index is -0.991. The molecule has 1 aromatic carbocycles. The Morgan fingerprint density at radius 1 is 0.571 bits per heavy atom. The fraction of sp³-hybridized carbons (Fsp3) is 0.741. The Hall–Kier alpha value is -2.47. The summed E-state index contributed by atoms with van der Waals surface area (Å²) in [5, 5.41) is 11.2. The van der Waals surface area contributed by atoms with E-state index in [4.69, 9.17) is 57.2 Å². The van der Waals surface area contributed by atoms with Crippen LogP contribution in [0.25, 0.3) is 0 Å². The summed E-state index contributed by atoms with van der Waals surface area (Å²) < 4.78 is 59.8. The molecular weight excluding hydrogens is 562 g/mol. The summed E-state index contributed by atoms with van der Waals surface area (Å²) >= 11 is 0. The van der Waals surface area contributed by atoms with Crippen LogP contribution in [0.4, 0.5) is 0 Å². The molecule has 1 aromatic rings. The molecule has 0 aliphatic rings. The minimum Gasteiger partial charge on any atom is -0.487 e. The van der Waals surface area contributed by atoms with E-state index >= 15 is 0 Å². The van der Waals surface area contributed by atoms with Crippen molar-refractivity contribution in [1.82, 2.24) is 0 Å². The summed E-state index contributed by atoms with van der Waals surface area (Å²) in [6, 6.07) is 2.72. The SMILES string of the molecule is COCCOCCOCCOc1cc(C(=O)N=O)cc(OCCOCCOCCO)c1OCCOCCOCCOC. The average Bonchev–Trinajstić information content (AvgIpc) is 3.00. The lowest BCUT2D eigenvalue weighted by atomic mass is 10.1. The summed E-state index contributed by atoms with van der Waals surface area (Å²) in [4.78, 5) is 23.1. The molecule has 0 aromatic heterocycles. The van der Waals surface area contributed by atoms with Crippen LogP contribution in [0.5, 0.6) is 17.2 Å². The number of carbonyl (C=O) groups is 1. The van der Waals surface area contributed by atoms with Gasteiger partial charge in [-0.05, 0) is 12.1 Å². The van der Waals surface area contributed by atoms with Gasteiger partial charge in [0, 0.05) is 19.4 Å². The van der Waals surface area contributed by atoms with E-state index in [2.05, 4.69) is 5.18 Å². The van der Waals surface area contributed by atoms with E-state index < -0.39 is 5.91 Å². The van der Waals surface area contributed by atoms with E-state index in [9.17, 15) is 9.70 Å². The Morgan fingerprint density at radius 2 is 0.929 bits per heavy atom. The van der Waals surface area contributed by atoms with E-state index in [1.807, 2.05) is 0 Å². The zero-order valence-corrected chi connectivity index (χ0v) is 24.6. The summed E-state index contributed by atoms with van der Waals surface area (Å²) in [7, 11) is 3.20. The fourth-order valence-electron chi connectivity index (χ4n) is 3.05. The van der Waals surface area contributed by atoms with Gasteiger partial charge in [-0.25, -0.2) is 0 Å². The van der Waals surface area contributed by atoms with Crippen molar-refractivity contribution in [3.8, 4) is 17.2 Å². The molecule has 1 amide bonds. The van der Waals surface area contributed by atoms with Gasteiger partial charge in [0.05, 0.1) is 105 Å². The highest BCUT2D eigenvalue weighted by Gasteiger charge is 2.19. The predicted octanol–water partition coefficient (Wildman–Crippen LogP) is 1.11. The van der Waals surface area contributed by atoms with Crippen LogP contribution < -0.4 is 14.2 Å². The third kappa shape index (κ3) is 18.9. The second kappa shape index (κ2) is 27.4. The van der Waals surface area contributed by atoms with E-state index in [0.29, 0.717) is 66.1 Å². The van der Waals surface area contributed by atoms with Crippen LogP contribution in [-0.2, 0) is 37.9 Å². The van der Waals surface area contributed by atoms with Gasteiger partial charge in [-0.2, -0.15) is 0 Å². The zero-order valence-electron chi connectivity index (χ0n) is 24.6. The number of nitroso groups, excluding NO2 is 1. The number of aliphatic hydroxyl groups is 1. The second-order valence-corrected chi connectivity index (χ2v) is 8.13. The molecule has 0 fully saturated rings. The Labute approximate surface area is 246 Å². The van der Waals surface area contributed by atoms with Gasteiger partial charge < -0.3 is 57.2 Å². The number of methoxy groups -OCH3 is 2. The van der Waals surface area contributed by atoms with Crippen molar-refractivity contribution in [2.24, 2.45) is 5.18 Å². The third-order valence-electron chi connectivity index (χ3n) is 5.01. The highest BCUT2D eigenvalue weighted by atomic mass is 16.6. The lowest BCUT2D eigenvalue weighted by Crippen LogP contribution is -2.16. The quantitative estimate of drug-likeness (QED) is 0.0975. The Morgan fingerprint density at radius 3 is 1.31 bits per heavy atom. The van der Waals surface area contributed by atoms with Gasteiger partial charge in [0.25, 0.3) is 0 Å². The number of ether oxygens (including phenoxy) is 11. The first kappa shape index (κ1) is 37.6. The maximum absolute atomic E-state index is 12.1. The van der Waals surface area contributed by atoms with Gasteiger partial charge in [0.1, 0.15) is 19.8 Å². The molecule has 1 N–H and O–H groups in total. The van der Waals surface area contributed by atoms with Crippen molar-refractivity contribution in [2.75, 3.05) is 133 Å². The van der Waals surface area contributed by atoms with Gasteiger partial charge in [0.15, 0.2) is 11.5 Å². The number of nitrogens with zero attached hydrogens (tertiary/aromatic N) is 1. The molecule has 0 aliphatic heterocycles. The number of hydrogen-bond donors (Lipinski definition) is 1. The van der Waals surface area contributed by atoms with Gasteiger partial charge in [-0.3, -0.25) is 4.79 Å². The first-order valence-corrected chi connectivity index (χ1v) is 13.7. The van der Waals surface area contributed by atoms with Crippen molar-refractivity contribution < 1.29 is 62.0 Å². The summed E-state index contributed by atoms with van der Waals surface area (Å²) in [6.07, 6.45) is 0. The van der Waals surface area contributed by atoms with E-state index in [1.165, 1.54) is 12.1 Å². The normalized spacial score (nSPS) is 11.0. The van der Waals surface area contributed by atoms with Gasteiger partial charge >= 0.3 is 5.91 Å². The maximum Gasteiger partial charge on any atom is 0.317 e. The van der Waals surface area contributed by atoms with E-state index in [-0.39, 0.29) is 75.7 Å². The third-order valence-corrected chi connectivity index (χ3v) is 5.01. The largest absolute Gasteiger partial charge is 0.487 e. The van der Waals surface area contributed by atoms with Crippen LogP contribution in [0.1, 0.15) is 10.4 Å².